The molecule has 0 aliphatic carbocycles. The van der Waals surface area contributed by atoms with Gasteiger partial charge in [0.25, 0.3) is 17.2 Å². The molecule has 80 valence electrons. The van der Waals surface area contributed by atoms with E-state index in [1.165, 1.54) is 7.11 Å². The Labute approximate surface area is 83.0 Å². The number of nitrogens with zero attached hydrogens (tertiary/aromatic N) is 1. The van der Waals surface area contributed by atoms with Gasteiger partial charge in [-0.2, -0.15) is 0 Å². The van der Waals surface area contributed by atoms with Crippen molar-refractivity contribution in [3.63, 3.8) is 0 Å². The quantitative estimate of drug-likeness (QED) is 0.522. The molecular weight excluding hydrogens is 206 g/mol. The van der Waals surface area contributed by atoms with Crippen molar-refractivity contribution in [2.75, 3.05) is 7.11 Å². The number of nitrogens with one attached hydrogen (secondary N) is 2. The Hall–Kier alpha value is -2.22. The maximum atomic E-state index is 11.2. The number of pyridine rings is 1. The largest absolute Gasteiger partial charge is 0.322 e. The lowest BCUT2D eigenvalue weighted by Gasteiger charge is -2.00. The van der Waals surface area contributed by atoms with Gasteiger partial charge >= 0.3 is 0 Å². The fourth-order valence-electron chi connectivity index (χ4n) is 0.894. The average molecular weight is 213 g/mol. The van der Waals surface area contributed by atoms with E-state index in [9.17, 15) is 19.7 Å². The van der Waals surface area contributed by atoms with Gasteiger partial charge in [0.05, 0.1) is 18.2 Å². The van der Waals surface area contributed by atoms with E-state index in [1.807, 2.05) is 5.48 Å². The molecule has 0 aliphatic rings. The molecule has 1 aromatic heterocycles. The number of hydroxylamine groups is 1. The number of hydrogen-bond acceptors (Lipinski definition) is 5. The molecule has 0 radical (unpaired) electrons. The van der Waals surface area contributed by atoms with Crippen molar-refractivity contribution in [3.8, 4) is 0 Å². The van der Waals surface area contributed by atoms with Gasteiger partial charge in [-0.1, -0.05) is 0 Å². The third-order valence-corrected chi connectivity index (χ3v) is 1.54. The standard InChI is InChI=1S/C7H7N3O5/c1-15-9-7(12)5-2-4(10(13)14)3-8-6(5)11/h2-3H,1H3,(H,8,11)(H,9,12). The number of amides is 1. The molecule has 8 nitrogen and oxygen atoms in total. The third kappa shape index (κ3) is 2.38. The van der Waals surface area contributed by atoms with Crippen molar-refractivity contribution < 1.29 is 14.6 Å². The van der Waals surface area contributed by atoms with Gasteiger partial charge in [0.15, 0.2) is 0 Å². The first-order valence-corrected chi connectivity index (χ1v) is 3.76. The fraction of sp³-hybridized carbons (Fsp3) is 0.143. The summed E-state index contributed by atoms with van der Waals surface area (Å²) in [5, 5.41) is 10.4. The van der Waals surface area contributed by atoms with Crippen LogP contribution in [0.1, 0.15) is 10.4 Å². The number of H-pyrrole nitrogens is 1. The Kier molecular flexibility index (Phi) is 3.13. The SMILES string of the molecule is CONC(=O)c1cc([N+](=O)[O-])c[nH]c1=O. The molecule has 8 heteroatoms. The lowest BCUT2D eigenvalue weighted by Crippen LogP contribution is -2.28. The van der Waals surface area contributed by atoms with E-state index in [-0.39, 0.29) is 11.3 Å². The molecule has 0 bridgehead atoms. The molecule has 2 N–H and O–H groups in total. The van der Waals surface area contributed by atoms with Crippen LogP contribution in [-0.2, 0) is 4.84 Å². The van der Waals surface area contributed by atoms with E-state index in [0.717, 1.165) is 12.3 Å². The van der Waals surface area contributed by atoms with Gasteiger partial charge in [-0.3, -0.25) is 24.5 Å². The van der Waals surface area contributed by atoms with Crippen LogP contribution < -0.4 is 11.0 Å². The molecule has 0 fully saturated rings. The monoisotopic (exact) mass is 213 g/mol. The molecule has 0 spiro atoms. The molecular formula is C7H7N3O5. The fourth-order valence-corrected chi connectivity index (χ4v) is 0.894. The van der Waals surface area contributed by atoms with Gasteiger partial charge in [0.1, 0.15) is 5.56 Å². The second kappa shape index (κ2) is 4.33. The van der Waals surface area contributed by atoms with Crippen molar-refractivity contribution in [2.45, 2.75) is 0 Å². The summed E-state index contributed by atoms with van der Waals surface area (Å²) in [6.07, 6.45) is 0.909. The number of nitro groups is 1. The van der Waals surface area contributed by atoms with E-state index in [2.05, 4.69) is 9.82 Å². The van der Waals surface area contributed by atoms with Gasteiger partial charge in [-0.05, 0) is 0 Å². The van der Waals surface area contributed by atoms with Crippen LogP contribution in [0.15, 0.2) is 17.1 Å². The molecule has 1 amide bonds. The molecule has 0 saturated carbocycles. The maximum Gasteiger partial charge on any atom is 0.286 e. The van der Waals surface area contributed by atoms with Crippen LogP contribution >= 0.6 is 0 Å². The van der Waals surface area contributed by atoms with Gasteiger partial charge in [-0.25, -0.2) is 5.48 Å². The van der Waals surface area contributed by atoms with E-state index in [0.29, 0.717) is 0 Å². The smallest absolute Gasteiger partial charge is 0.286 e. The molecule has 0 unspecified atom stereocenters. The van der Waals surface area contributed by atoms with Gasteiger partial charge in [-0.15, -0.1) is 0 Å². The summed E-state index contributed by atoms with van der Waals surface area (Å²) in [5.74, 6) is -0.845. The summed E-state index contributed by atoms with van der Waals surface area (Å²) < 4.78 is 0. The van der Waals surface area contributed by atoms with Crippen molar-refractivity contribution in [2.24, 2.45) is 0 Å². The highest BCUT2D eigenvalue weighted by Crippen LogP contribution is 2.07. The molecule has 0 atom stereocenters. The molecule has 0 saturated heterocycles. The Morgan fingerprint density at radius 2 is 2.33 bits per heavy atom. The summed E-state index contributed by atoms with van der Waals surface area (Å²) in [5.41, 5.74) is 0.398. The molecule has 15 heavy (non-hydrogen) atoms. The number of carbonyl (C=O) groups is 1. The number of hydrogen-bond donors (Lipinski definition) is 2. The van der Waals surface area contributed by atoms with Gasteiger partial charge < -0.3 is 4.98 Å². The minimum Gasteiger partial charge on any atom is -0.322 e. The van der Waals surface area contributed by atoms with Gasteiger partial charge in [0, 0.05) is 6.07 Å². The Bertz CT molecular complexity index is 452. The van der Waals surface area contributed by atoms with Crippen LogP contribution in [0.5, 0.6) is 0 Å². The second-order valence-electron chi connectivity index (χ2n) is 2.49. The summed E-state index contributed by atoms with van der Waals surface area (Å²) >= 11 is 0. The third-order valence-electron chi connectivity index (χ3n) is 1.54. The first-order valence-electron chi connectivity index (χ1n) is 3.76. The maximum absolute atomic E-state index is 11.2. The predicted octanol–water partition coefficient (Wildman–Crippen LogP) is -0.426. The highest BCUT2D eigenvalue weighted by molar-refractivity contribution is 5.93. The van der Waals surface area contributed by atoms with Gasteiger partial charge in [0.2, 0.25) is 0 Å². The zero-order chi connectivity index (χ0) is 11.4. The zero-order valence-corrected chi connectivity index (χ0v) is 7.64. The summed E-state index contributed by atoms with van der Waals surface area (Å²) in [6.45, 7) is 0. The predicted molar refractivity (Wildman–Crippen MR) is 48.2 cm³/mol. The van der Waals surface area contributed by atoms with Crippen molar-refractivity contribution in [1.82, 2.24) is 10.5 Å². The highest BCUT2D eigenvalue weighted by Gasteiger charge is 2.15. The molecule has 0 aromatic carbocycles. The summed E-state index contributed by atoms with van der Waals surface area (Å²) in [6, 6.07) is 0.868. The second-order valence-corrected chi connectivity index (χ2v) is 2.49. The molecule has 1 rings (SSSR count). The number of rotatable bonds is 3. The lowest BCUT2D eigenvalue weighted by molar-refractivity contribution is -0.385. The number of aromatic nitrogens is 1. The zero-order valence-electron chi connectivity index (χ0n) is 7.64. The van der Waals surface area contributed by atoms with Crippen LogP contribution in [0.3, 0.4) is 0 Å². The van der Waals surface area contributed by atoms with Crippen molar-refractivity contribution in [1.29, 1.82) is 0 Å². The van der Waals surface area contributed by atoms with Crippen LogP contribution in [0.25, 0.3) is 0 Å². The summed E-state index contributed by atoms with van der Waals surface area (Å²) in [4.78, 5) is 38.3. The first-order chi connectivity index (χ1) is 7.06. The number of aromatic amines is 1. The Morgan fingerprint density at radius 3 is 2.87 bits per heavy atom. The molecule has 1 aromatic rings. The average Bonchev–Trinajstić information content (AvgIpc) is 2.18. The van der Waals surface area contributed by atoms with E-state index >= 15 is 0 Å². The first kappa shape index (κ1) is 10.9. The van der Waals surface area contributed by atoms with Crippen molar-refractivity contribution in [3.05, 3.63) is 38.3 Å². The highest BCUT2D eigenvalue weighted by atomic mass is 16.6. The Morgan fingerprint density at radius 1 is 1.67 bits per heavy atom. The minimum absolute atomic E-state index is 0.379. The Balaban J connectivity index is 3.16. The number of carbonyl (C=O) groups excluding carboxylic acids is 1. The van der Waals surface area contributed by atoms with Crippen molar-refractivity contribution >= 4 is 11.6 Å². The van der Waals surface area contributed by atoms with E-state index < -0.39 is 16.4 Å². The van der Waals surface area contributed by atoms with E-state index in [1.54, 1.807) is 0 Å². The normalized spacial score (nSPS) is 9.67. The van der Waals surface area contributed by atoms with Crippen LogP contribution in [0.2, 0.25) is 0 Å². The van der Waals surface area contributed by atoms with E-state index in [4.69, 9.17) is 0 Å². The van der Waals surface area contributed by atoms with Crippen LogP contribution in [0.4, 0.5) is 5.69 Å². The topological polar surface area (TPSA) is 114 Å². The lowest BCUT2D eigenvalue weighted by atomic mass is 10.2. The molecule has 1 heterocycles. The van der Waals surface area contributed by atoms with Crippen LogP contribution in [0, 0.1) is 10.1 Å². The summed E-state index contributed by atoms with van der Waals surface area (Å²) in [7, 11) is 1.18. The molecule has 0 aliphatic heterocycles. The van der Waals surface area contributed by atoms with Crippen LogP contribution in [-0.4, -0.2) is 22.9 Å². The minimum atomic E-state index is -0.845.